The molecule has 32 heavy (non-hydrogen) atoms. The molecule has 0 saturated heterocycles. The van der Waals surface area contributed by atoms with Crippen LogP contribution in [0.2, 0.25) is 5.02 Å². The molecule has 3 aromatic heterocycles. The summed E-state index contributed by atoms with van der Waals surface area (Å²) in [6.07, 6.45) is 3.09. The lowest BCUT2D eigenvalue weighted by atomic mass is 9.89. The van der Waals surface area contributed by atoms with Crippen LogP contribution in [-0.4, -0.2) is 26.0 Å². The van der Waals surface area contributed by atoms with Crippen molar-refractivity contribution in [2.24, 2.45) is 0 Å². The molecule has 0 atom stereocenters. The Bertz CT molecular complexity index is 1260. The lowest BCUT2D eigenvalue weighted by Gasteiger charge is -2.18. The maximum absolute atomic E-state index is 13.3. The summed E-state index contributed by atoms with van der Waals surface area (Å²) in [5.41, 5.74) is 1.05. The average Bonchev–Trinajstić information content (AvgIpc) is 3.19. The number of carboxylic acids is 1. The quantitative estimate of drug-likeness (QED) is 0.364. The summed E-state index contributed by atoms with van der Waals surface area (Å²) in [6, 6.07) is 12.7. The minimum atomic E-state index is -1.13. The monoisotopic (exact) mass is 469 g/mol. The fourth-order valence-electron chi connectivity index (χ4n) is 2.80. The smallest absolute Gasteiger partial charge is 0.315 e. The summed E-state index contributed by atoms with van der Waals surface area (Å²) in [7, 11) is 0. The van der Waals surface area contributed by atoms with Crippen LogP contribution in [0.25, 0.3) is 22.7 Å². The molecule has 0 fully saturated rings. The molecule has 1 N–H and O–H groups in total. The van der Waals surface area contributed by atoms with E-state index in [1.807, 2.05) is 0 Å². The number of hydrogen-bond donors (Lipinski definition) is 1. The highest BCUT2D eigenvalue weighted by molar-refractivity contribution is 7.99. The Hall–Kier alpha value is -3.23. The summed E-state index contributed by atoms with van der Waals surface area (Å²) >= 11 is 7.18. The molecule has 0 aliphatic rings. The zero-order chi connectivity index (χ0) is 22.9. The molecule has 0 bridgehead atoms. The van der Waals surface area contributed by atoms with Crippen molar-refractivity contribution in [3.8, 4) is 22.7 Å². The third-order valence-corrected chi connectivity index (χ3v) is 5.93. The van der Waals surface area contributed by atoms with Crippen LogP contribution < -0.4 is 0 Å². The SMILES string of the molecule is CC(C)(C(=O)O)c1ccc(-c2nc(-c3ccc(F)cc3)oc2Sc2ccc(Cl)cn2)cn1. The molecule has 0 unspecified atom stereocenters. The van der Waals surface area contributed by atoms with Gasteiger partial charge in [0, 0.05) is 23.5 Å². The third-order valence-electron chi connectivity index (χ3n) is 4.80. The Morgan fingerprint density at radius 3 is 2.34 bits per heavy atom. The molecule has 0 aliphatic heterocycles. The Kier molecular flexibility index (Phi) is 5.99. The highest BCUT2D eigenvalue weighted by atomic mass is 35.5. The van der Waals surface area contributed by atoms with Crippen LogP contribution in [0.5, 0.6) is 0 Å². The van der Waals surface area contributed by atoms with E-state index in [0.29, 0.717) is 43.5 Å². The summed E-state index contributed by atoms with van der Waals surface area (Å²) < 4.78 is 19.3. The Labute approximate surface area is 192 Å². The van der Waals surface area contributed by atoms with Crippen LogP contribution in [0.1, 0.15) is 19.5 Å². The van der Waals surface area contributed by atoms with Crippen molar-refractivity contribution in [2.45, 2.75) is 29.4 Å². The first-order valence-electron chi connectivity index (χ1n) is 9.50. The molecule has 0 spiro atoms. The molecular weight excluding hydrogens is 453 g/mol. The van der Waals surface area contributed by atoms with Gasteiger partial charge in [-0.1, -0.05) is 11.6 Å². The van der Waals surface area contributed by atoms with Gasteiger partial charge in [0.1, 0.15) is 22.0 Å². The summed E-state index contributed by atoms with van der Waals surface area (Å²) in [5.74, 6) is -1.02. The van der Waals surface area contributed by atoms with Gasteiger partial charge >= 0.3 is 5.97 Å². The molecule has 4 rings (SSSR count). The Morgan fingerprint density at radius 2 is 1.75 bits per heavy atom. The van der Waals surface area contributed by atoms with E-state index < -0.39 is 11.4 Å². The van der Waals surface area contributed by atoms with Crippen LogP contribution in [-0.2, 0) is 10.2 Å². The number of carboxylic acid groups (broad SMARTS) is 1. The van der Waals surface area contributed by atoms with E-state index in [0.717, 1.165) is 0 Å². The van der Waals surface area contributed by atoms with Gasteiger partial charge in [0.05, 0.1) is 10.7 Å². The summed E-state index contributed by atoms with van der Waals surface area (Å²) in [5, 5.41) is 11.1. The van der Waals surface area contributed by atoms with E-state index in [-0.39, 0.29) is 5.82 Å². The topological polar surface area (TPSA) is 89.1 Å². The minimum absolute atomic E-state index is 0.311. The second-order valence-corrected chi connectivity index (χ2v) is 8.87. The van der Waals surface area contributed by atoms with Gasteiger partial charge in [0.15, 0.2) is 5.09 Å². The molecule has 0 saturated carbocycles. The number of rotatable bonds is 6. The number of carbonyl (C=O) groups is 1. The van der Waals surface area contributed by atoms with Gasteiger partial charge in [-0.15, -0.1) is 0 Å². The molecule has 1 aromatic carbocycles. The fraction of sp³-hybridized carbons (Fsp3) is 0.130. The Balaban J connectivity index is 1.76. The number of aliphatic carboxylic acids is 1. The number of aromatic nitrogens is 3. The number of pyridine rings is 2. The van der Waals surface area contributed by atoms with Gasteiger partial charge in [-0.05, 0) is 74.1 Å². The molecule has 4 aromatic rings. The molecule has 6 nitrogen and oxygen atoms in total. The van der Waals surface area contributed by atoms with Gasteiger partial charge in [0.2, 0.25) is 5.89 Å². The lowest BCUT2D eigenvalue weighted by molar-refractivity contribution is -0.142. The van der Waals surface area contributed by atoms with Crippen molar-refractivity contribution in [3.05, 3.63) is 77.5 Å². The first-order chi connectivity index (χ1) is 15.2. The maximum atomic E-state index is 13.3. The largest absolute Gasteiger partial charge is 0.481 e. The predicted molar refractivity (Wildman–Crippen MR) is 119 cm³/mol. The number of oxazole rings is 1. The van der Waals surface area contributed by atoms with Gasteiger partial charge in [0.25, 0.3) is 0 Å². The lowest BCUT2D eigenvalue weighted by Crippen LogP contribution is -2.29. The normalized spacial score (nSPS) is 11.5. The third kappa shape index (κ3) is 4.51. The van der Waals surface area contributed by atoms with Crippen molar-refractivity contribution in [2.75, 3.05) is 0 Å². The van der Waals surface area contributed by atoms with E-state index in [4.69, 9.17) is 16.0 Å². The van der Waals surface area contributed by atoms with E-state index in [1.165, 1.54) is 30.1 Å². The first kappa shape index (κ1) is 22.0. The van der Waals surface area contributed by atoms with Crippen LogP contribution >= 0.6 is 23.4 Å². The fourth-order valence-corrected chi connectivity index (χ4v) is 3.73. The van der Waals surface area contributed by atoms with E-state index in [1.54, 1.807) is 56.4 Å². The molecule has 0 amide bonds. The zero-order valence-electron chi connectivity index (χ0n) is 17.0. The Morgan fingerprint density at radius 1 is 1.03 bits per heavy atom. The predicted octanol–water partition coefficient (Wildman–Crippen LogP) is 6.10. The van der Waals surface area contributed by atoms with Crippen molar-refractivity contribution in [3.63, 3.8) is 0 Å². The van der Waals surface area contributed by atoms with Crippen LogP contribution in [0, 0.1) is 5.82 Å². The number of hydrogen-bond acceptors (Lipinski definition) is 6. The number of nitrogens with zero attached hydrogens (tertiary/aromatic N) is 3. The molecule has 0 aliphatic carbocycles. The van der Waals surface area contributed by atoms with Crippen molar-refractivity contribution < 1.29 is 18.7 Å². The van der Waals surface area contributed by atoms with Crippen molar-refractivity contribution in [1.82, 2.24) is 15.0 Å². The number of benzene rings is 1. The summed E-state index contributed by atoms with van der Waals surface area (Å²) in [6.45, 7) is 3.18. The molecule has 162 valence electrons. The highest BCUT2D eigenvalue weighted by Gasteiger charge is 2.31. The van der Waals surface area contributed by atoms with E-state index >= 15 is 0 Å². The minimum Gasteiger partial charge on any atom is -0.481 e. The molecular formula is C23H17ClFN3O3S. The van der Waals surface area contributed by atoms with Crippen LogP contribution in [0.3, 0.4) is 0 Å². The van der Waals surface area contributed by atoms with Gasteiger partial charge < -0.3 is 9.52 Å². The molecule has 3 heterocycles. The average molecular weight is 470 g/mol. The standard InChI is InChI=1S/C23H17ClFN3O3S/c1-23(2,22(29)30)17-9-5-14(11-26-17)19-21(32-18-10-6-15(24)12-27-18)31-20(28-19)13-3-7-16(25)8-4-13/h3-12H,1-2H3,(H,29,30). The molecule has 9 heteroatoms. The van der Waals surface area contributed by atoms with Crippen LogP contribution in [0.15, 0.2) is 75.5 Å². The van der Waals surface area contributed by atoms with E-state index in [9.17, 15) is 14.3 Å². The second-order valence-electron chi connectivity index (χ2n) is 7.44. The zero-order valence-corrected chi connectivity index (χ0v) is 18.6. The molecule has 0 radical (unpaired) electrons. The van der Waals surface area contributed by atoms with Crippen molar-refractivity contribution >= 4 is 29.3 Å². The van der Waals surface area contributed by atoms with Gasteiger partial charge in [-0.3, -0.25) is 9.78 Å². The van der Waals surface area contributed by atoms with E-state index in [2.05, 4.69) is 15.0 Å². The highest BCUT2D eigenvalue weighted by Crippen LogP contribution is 2.38. The van der Waals surface area contributed by atoms with Gasteiger partial charge in [-0.25, -0.2) is 14.4 Å². The van der Waals surface area contributed by atoms with Gasteiger partial charge in [-0.2, -0.15) is 0 Å². The maximum Gasteiger partial charge on any atom is 0.315 e. The number of halogens is 2. The van der Waals surface area contributed by atoms with Crippen molar-refractivity contribution in [1.29, 1.82) is 0 Å². The second kappa shape index (κ2) is 8.72. The van der Waals surface area contributed by atoms with Crippen LogP contribution in [0.4, 0.5) is 4.39 Å². The first-order valence-corrected chi connectivity index (χ1v) is 10.7. The summed E-state index contributed by atoms with van der Waals surface area (Å²) in [4.78, 5) is 24.8.